The number of hydrogen-bond acceptors (Lipinski definition) is 3. The predicted molar refractivity (Wildman–Crippen MR) is 91.4 cm³/mol. The molecule has 22 heavy (non-hydrogen) atoms. The minimum Gasteiger partial charge on any atom is -0.360 e. The molecule has 3 heteroatoms. The Bertz CT molecular complexity index is 637. The van der Waals surface area contributed by atoms with Crippen LogP contribution in [0.3, 0.4) is 0 Å². The maximum Gasteiger partial charge on any atom is 0.140 e. The van der Waals surface area contributed by atoms with Crippen molar-refractivity contribution in [2.24, 2.45) is 5.92 Å². The highest BCUT2D eigenvalue weighted by molar-refractivity contribution is 7.10. The van der Waals surface area contributed by atoms with Gasteiger partial charge in [-0.2, -0.15) is 0 Å². The van der Waals surface area contributed by atoms with Gasteiger partial charge in [-0.25, -0.2) is 0 Å². The second-order valence-electron chi connectivity index (χ2n) is 6.40. The molecular formula is C19H21NOS. The molecule has 2 aliphatic rings. The number of carbonyl (C=O) groups excluding carboxylic acids is 1. The van der Waals surface area contributed by atoms with E-state index < -0.39 is 0 Å². The lowest BCUT2D eigenvalue weighted by Gasteiger charge is -2.49. The van der Waals surface area contributed by atoms with E-state index in [4.69, 9.17) is 0 Å². The zero-order valence-corrected chi connectivity index (χ0v) is 13.5. The highest BCUT2D eigenvalue weighted by Crippen LogP contribution is 2.45. The lowest BCUT2D eigenvalue weighted by molar-refractivity contribution is -0.126. The molecule has 2 fully saturated rings. The van der Waals surface area contributed by atoms with Gasteiger partial charge in [0, 0.05) is 28.9 Å². The number of Topliss-reactive ketones (excluding diaryl/α,β-unsaturated/α-hetero) is 1. The molecule has 0 spiro atoms. The maximum atomic E-state index is 12.7. The van der Waals surface area contributed by atoms with Crippen LogP contribution in [0.2, 0.25) is 0 Å². The van der Waals surface area contributed by atoms with Crippen LogP contribution in [-0.2, 0) is 4.79 Å². The van der Waals surface area contributed by atoms with E-state index in [2.05, 4.69) is 52.7 Å². The Labute approximate surface area is 135 Å². The van der Waals surface area contributed by atoms with Gasteiger partial charge in [0.05, 0.1) is 6.04 Å². The average Bonchev–Trinajstić information content (AvgIpc) is 3.10. The molecule has 2 nitrogen and oxygen atoms in total. The molecule has 0 radical (unpaired) electrons. The third kappa shape index (κ3) is 2.38. The highest BCUT2D eigenvalue weighted by Gasteiger charge is 2.43. The first-order valence-electron chi connectivity index (χ1n) is 8.24. The Kier molecular flexibility index (Phi) is 3.75. The number of ketones is 1. The molecule has 0 bridgehead atoms. The van der Waals surface area contributed by atoms with Crippen molar-refractivity contribution < 1.29 is 4.79 Å². The first kappa shape index (κ1) is 14.0. The van der Waals surface area contributed by atoms with Crippen molar-refractivity contribution in [2.75, 3.05) is 4.90 Å². The van der Waals surface area contributed by atoms with Gasteiger partial charge in [0.1, 0.15) is 5.78 Å². The zero-order valence-electron chi connectivity index (χ0n) is 12.7. The summed E-state index contributed by atoms with van der Waals surface area (Å²) in [5.41, 5.74) is 1.27. The summed E-state index contributed by atoms with van der Waals surface area (Å²) < 4.78 is 0. The molecule has 0 amide bonds. The SMILES string of the molecule is O=C1C[C@H](c2cccs2)N(c2ccccc2)[C@@H]2CCCC[C@@H]12. The Morgan fingerprint density at radius 1 is 1.00 bits per heavy atom. The second kappa shape index (κ2) is 5.88. The predicted octanol–water partition coefficient (Wildman–Crippen LogP) is 4.83. The first-order valence-corrected chi connectivity index (χ1v) is 9.12. The standard InChI is InChI=1S/C19H21NOS/c21-18-13-17(19-11-6-12-22-19)20(14-7-2-1-3-8-14)16-10-5-4-9-15(16)18/h1-3,6-8,11-12,15-17H,4-5,9-10,13H2/t15-,16-,17-/m1/s1. The fraction of sp³-hybridized carbons (Fsp3) is 0.421. The largest absolute Gasteiger partial charge is 0.360 e. The quantitative estimate of drug-likeness (QED) is 0.792. The van der Waals surface area contributed by atoms with Crippen LogP contribution in [0.25, 0.3) is 0 Å². The maximum absolute atomic E-state index is 12.7. The zero-order chi connectivity index (χ0) is 14.9. The van der Waals surface area contributed by atoms with Gasteiger partial charge < -0.3 is 4.90 Å². The fourth-order valence-electron chi connectivity index (χ4n) is 4.18. The Morgan fingerprint density at radius 2 is 1.82 bits per heavy atom. The number of thiophene rings is 1. The molecule has 1 aromatic carbocycles. The number of carbonyl (C=O) groups is 1. The van der Waals surface area contributed by atoms with Crippen molar-refractivity contribution in [2.45, 2.75) is 44.2 Å². The molecule has 0 unspecified atom stereocenters. The molecule has 2 heterocycles. The molecule has 0 N–H and O–H groups in total. The number of para-hydroxylation sites is 1. The number of hydrogen-bond donors (Lipinski definition) is 0. The van der Waals surface area contributed by atoms with Crippen LogP contribution < -0.4 is 4.90 Å². The van der Waals surface area contributed by atoms with Crippen molar-refractivity contribution in [1.82, 2.24) is 0 Å². The molecule has 3 atom stereocenters. The summed E-state index contributed by atoms with van der Waals surface area (Å²) in [6.07, 6.45) is 5.34. The summed E-state index contributed by atoms with van der Waals surface area (Å²) >= 11 is 1.78. The van der Waals surface area contributed by atoms with E-state index in [1.807, 2.05) is 0 Å². The van der Waals surface area contributed by atoms with Crippen molar-refractivity contribution in [3.63, 3.8) is 0 Å². The van der Waals surface area contributed by atoms with Gasteiger partial charge in [-0.05, 0) is 36.4 Å². The molecule has 114 valence electrons. The number of benzene rings is 1. The van der Waals surface area contributed by atoms with Crippen LogP contribution in [0, 0.1) is 5.92 Å². The van der Waals surface area contributed by atoms with E-state index in [0.717, 1.165) is 12.8 Å². The van der Waals surface area contributed by atoms with Crippen molar-refractivity contribution >= 4 is 22.8 Å². The van der Waals surface area contributed by atoms with Crippen molar-refractivity contribution in [1.29, 1.82) is 0 Å². The number of piperidine rings is 1. The van der Waals surface area contributed by atoms with Gasteiger partial charge in [0.25, 0.3) is 0 Å². The third-order valence-electron chi connectivity index (χ3n) is 5.16. The topological polar surface area (TPSA) is 20.3 Å². The summed E-state index contributed by atoms with van der Waals surface area (Å²) in [7, 11) is 0. The normalized spacial score (nSPS) is 28.5. The van der Waals surface area contributed by atoms with Gasteiger partial charge in [0.15, 0.2) is 0 Å². The number of rotatable bonds is 2. The van der Waals surface area contributed by atoms with Crippen molar-refractivity contribution in [3.05, 3.63) is 52.7 Å². The van der Waals surface area contributed by atoms with Crippen LogP contribution in [0.5, 0.6) is 0 Å². The molecular weight excluding hydrogens is 290 g/mol. The monoisotopic (exact) mass is 311 g/mol. The second-order valence-corrected chi connectivity index (χ2v) is 7.38. The molecule has 1 aromatic heterocycles. The first-order chi connectivity index (χ1) is 10.8. The van der Waals surface area contributed by atoms with Gasteiger partial charge in [0.2, 0.25) is 0 Å². The molecule has 1 saturated carbocycles. The third-order valence-corrected chi connectivity index (χ3v) is 6.13. The summed E-state index contributed by atoms with van der Waals surface area (Å²) in [6.45, 7) is 0. The minimum atomic E-state index is 0.217. The minimum absolute atomic E-state index is 0.217. The smallest absolute Gasteiger partial charge is 0.140 e. The molecule has 1 aliphatic carbocycles. The molecule has 1 saturated heterocycles. The van der Waals surface area contributed by atoms with Gasteiger partial charge in [-0.3, -0.25) is 4.79 Å². The van der Waals surface area contributed by atoms with Crippen LogP contribution in [0.15, 0.2) is 47.8 Å². The Hall–Kier alpha value is -1.61. The lowest BCUT2D eigenvalue weighted by atomic mass is 9.75. The van der Waals surface area contributed by atoms with E-state index >= 15 is 0 Å². The highest BCUT2D eigenvalue weighted by atomic mass is 32.1. The van der Waals surface area contributed by atoms with Crippen molar-refractivity contribution in [3.8, 4) is 0 Å². The lowest BCUT2D eigenvalue weighted by Crippen LogP contribution is -2.52. The van der Waals surface area contributed by atoms with Crippen LogP contribution >= 0.6 is 11.3 Å². The number of nitrogens with zero attached hydrogens (tertiary/aromatic N) is 1. The van der Waals surface area contributed by atoms with Gasteiger partial charge >= 0.3 is 0 Å². The van der Waals surface area contributed by atoms with Crippen LogP contribution in [0.1, 0.15) is 43.0 Å². The van der Waals surface area contributed by atoms with E-state index in [-0.39, 0.29) is 12.0 Å². The molecule has 1 aliphatic heterocycles. The fourth-order valence-corrected chi connectivity index (χ4v) is 5.01. The van der Waals surface area contributed by atoms with Gasteiger partial charge in [-0.1, -0.05) is 37.1 Å². The number of anilines is 1. The Balaban J connectivity index is 1.77. The van der Waals surface area contributed by atoms with E-state index in [9.17, 15) is 4.79 Å². The molecule has 2 aromatic rings. The van der Waals surface area contributed by atoms with E-state index in [1.165, 1.54) is 23.4 Å². The summed E-state index contributed by atoms with van der Waals surface area (Å²) in [6, 6.07) is 15.5. The summed E-state index contributed by atoms with van der Waals surface area (Å²) in [5, 5.41) is 2.12. The average molecular weight is 311 g/mol. The Morgan fingerprint density at radius 3 is 2.59 bits per heavy atom. The van der Waals surface area contributed by atoms with E-state index in [1.54, 1.807) is 11.3 Å². The van der Waals surface area contributed by atoms with Gasteiger partial charge in [-0.15, -0.1) is 11.3 Å². The number of fused-ring (bicyclic) bond motifs is 1. The van der Waals surface area contributed by atoms with Crippen LogP contribution in [0.4, 0.5) is 5.69 Å². The van der Waals surface area contributed by atoms with Crippen LogP contribution in [-0.4, -0.2) is 11.8 Å². The summed E-state index contributed by atoms with van der Waals surface area (Å²) in [5.74, 6) is 0.723. The molecule has 4 rings (SSSR count). The summed E-state index contributed by atoms with van der Waals surface area (Å²) in [4.78, 5) is 16.6. The van der Waals surface area contributed by atoms with E-state index in [0.29, 0.717) is 18.2 Å².